The van der Waals surface area contributed by atoms with Gasteiger partial charge in [-0.05, 0) is 41.9 Å². The lowest BCUT2D eigenvalue weighted by molar-refractivity contribution is -0.137. The van der Waals surface area contributed by atoms with Gasteiger partial charge in [0.1, 0.15) is 23.6 Å². The predicted octanol–water partition coefficient (Wildman–Crippen LogP) is 4.87. The molecule has 0 unspecified atom stereocenters. The summed E-state index contributed by atoms with van der Waals surface area (Å²) in [6.45, 7) is -0.402. The molecule has 0 N–H and O–H groups in total. The van der Waals surface area contributed by atoms with Crippen LogP contribution in [0.25, 0.3) is 10.2 Å². The molecule has 3 aromatic heterocycles. The minimum Gasteiger partial charge on any atom is -0.456 e. The quantitative estimate of drug-likeness (QED) is 0.395. The molecule has 1 aliphatic rings. The molecule has 0 spiro atoms. The monoisotopic (exact) mass is 471 g/mol. The highest BCUT2D eigenvalue weighted by Gasteiger charge is 2.39. The van der Waals surface area contributed by atoms with Gasteiger partial charge in [-0.1, -0.05) is 0 Å². The van der Waals surface area contributed by atoms with Crippen LogP contribution in [0.3, 0.4) is 0 Å². The molecule has 1 fully saturated rings. The molecule has 0 saturated carbocycles. The Kier molecular flexibility index (Phi) is 4.93. The average Bonchev–Trinajstić information content (AvgIpc) is 3.37. The first-order valence-corrected chi connectivity index (χ1v) is 10.2. The third kappa shape index (κ3) is 3.96. The van der Waals surface area contributed by atoms with Crippen molar-refractivity contribution in [2.45, 2.75) is 6.18 Å². The molecule has 0 atom stereocenters. The molecule has 8 nitrogen and oxygen atoms in total. The maximum absolute atomic E-state index is 13.0. The van der Waals surface area contributed by atoms with E-state index in [2.05, 4.69) is 14.3 Å². The average molecular weight is 471 g/mol. The number of hydrogen-bond acceptors (Lipinski definition) is 7. The molecule has 0 aliphatic carbocycles. The molecule has 1 saturated heterocycles. The molecule has 5 rings (SSSR count). The predicted molar refractivity (Wildman–Crippen MR) is 113 cm³/mol. The Hall–Kier alpha value is -4.06. The summed E-state index contributed by atoms with van der Waals surface area (Å²) in [4.78, 5) is 35.0. The topological polar surface area (TPSA) is 88.5 Å². The highest BCUT2D eigenvalue weighted by molar-refractivity contribution is 7.13. The molecule has 12 heteroatoms. The number of ether oxygens (including phenoxy) is 1. The Balaban J connectivity index is 1.35. The van der Waals surface area contributed by atoms with E-state index in [9.17, 15) is 22.8 Å². The molecular formula is C21H12F3N5O3S. The Morgan fingerprint density at radius 1 is 0.939 bits per heavy atom. The second kappa shape index (κ2) is 7.81. The van der Waals surface area contributed by atoms with Gasteiger partial charge in [0.05, 0.1) is 40.2 Å². The van der Waals surface area contributed by atoms with Crippen LogP contribution < -0.4 is 14.5 Å². The number of amides is 3. The van der Waals surface area contributed by atoms with E-state index in [0.29, 0.717) is 17.7 Å². The molecule has 0 bridgehead atoms. The van der Waals surface area contributed by atoms with Gasteiger partial charge < -0.3 is 4.74 Å². The summed E-state index contributed by atoms with van der Waals surface area (Å²) in [6, 6.07) is 7.97. The summed E-state index contributed by atoms with van der Waals surface area (Å²) in [5.74, 6) is 0.365. The Bertz CT molecular complexity index is 1370. The third-order valence-electron chi connectivity index (χ3n) is 4.84. The van der Waals surface area contributed by atoms with Gasteiger partial charge in [-0.15, -0.1) is 0 Å². The number of carbonyl (C=O) groups is 2. The first kappa shape index (κ1) is 20.8. The zero-order valence-corrected chi connectivity index (χ0v) is 17.3. The summed E-state index contributed by atoms with van der Waals surface area (Å²) >= 11 is 1.29. The van der Waals surface area contributed by atoms with Crippen molar-refractivity contribution in [1.29, 1.82) is 0 Å². The summed E-state index contributed by atoms with van der Waals surface area (Å²) < 4.78 is 49.6. The SMILES string of the molecule is O=C1CN(c2cncc(C(F)(F)F)c2)C(=O)N1c1ccc(Oc2cnc3cnsc3c2)cc1. The summed E-state index contributed by atoms with van der Waals surface area (Å²) in [5, 5.41) is 0. The first-order valence-electron chi connectivity index (χ1n) is 9.45. The van der Waals surface area contributed by atoms with Gasteiger partial charge >= 0.3 is 12.2 Å². The largest absolute Gasteiger partial charge is 0.456 e. The minimum absolute atomic E-state index is 0.114. The fourth-order valence-electron chi connectivity index (χ4n) is 3.28. The van der Waals surface area contributed by atoms with E-state index in [1.165, 1.54) is 23.7 Å². The van der Waals surface area contributed by atoms with Gasteiger partial charge in [0.2, 0.25) is 0 Å². The molecule has 3 amide bonds. The number of urea groups is 1. The lowest BCUT2D eigenvalue weighted by atomic mass is 10.2. The number of aromatic nitrogens is 3. The molecule has 4 aromatic rings. The van der Waals surface area contributed by atoms with Crippen LogP contribution in [-0.4, -0.2) is 32.8 Å². The highest BCUT2D eigenvalue weighted by atomic mass is 32.1. The highest BCUT2D eigenvalue weighted by Crippen LogP contribution is 2.33. The molecule has 4 heterocycles. The maximum Gasteiger partial charge on any atom is 0.417 e. The number of nitrogens with zero attached hydrogens (tertiary/aromatic N) is 5. The van der Waals surface area contributed by atoms with E-state index in [4.69, 9.17) is 4.74 Å². The van der Waals surface area contributed by atoms with Crippen LogP contribution in [0, 0.1) is 0 Å². The molecule has 166 valence electrons. The fraction of sp³-hybridized carbons (Fsp3) is 0.0952. The van der Waals surface area contributed by atoms with Gasteiger partial charge in [-0.3, -0.25) is 14.7 Å². The minimum atomic E-state index is -4.62. The number of halogens is 3. The van der Waals surface area contributed by atoms with Crippen molar-refractivity contribution in [2.24, 2.45) is 0 Å². The number of pyridine rings is 2. The Morgan fingerprint density at radius 2 is 1.73 bits per heavy atom. The van der Waals surface area contributed by atoms with Gasteiger partial charge in [-0.25, -0.2) is 14.7 Å². The maximum atomic E-state index is 13.0. The smallest absolute Gasteiger partial charge is 0.417 e. The van der Waals surface area contributed by atoms with E-state index in [-0.39, 0.29) is 11.4 Å². The lowest BCUT2D eigenvalue weighted by Crippen LogP contribution is -2.33. The van der Waals surface area contributed by atoms with Crippen molar-refractivity contribution in [3.63, 3.8) is 0 Å². The molecule has 0 radical (unpaired) electrons. The van der Waals surface area contributed by atoms with E-state index in [1.54, 1.807) is 30.6 Å². The van der Waals surface area contributed by atoms with E-state index in [0.717, 1.165) is 32.3 Å². The third-order valence-corrected chi connectivity index (χ3v) is 5.58. The second-order valence-corrected chi connectivity index (χ2v) is 7.84. The zero-order chi connectivity index (χ0) is 23.2. The molecular weight excluding hydrogens is 459 g/mol. The van der Waals surface area contributed by atoms with E-state index >= 15 is 0 Å². The van der Waals surface area contributed by atoms with Crippen LogP contribution in [0.4, 0.5) is 29.3 Å². The van der Waals surface area contributed by atoms with E-state index in [1.807, 2.05) is 0 Å². The Morgan fingerprint density at radius 3 is 2.48 bits per heavy atom. The number of carbonyl (C=O) groups excluding carboxylic acids is 2. The Labute approximate surface area is 188 Å². The van der Waals surface area contributed by atoms with Crippen LogP contribution >= 0.6 is 11.5 Å². The van der Waals surface area contributed by atoms with Gasteiger partial charge in [0.25, 0.3) is 5.91 Å². The van der Waals surface area contributed by atoms with E-state index < -0.39 is 30.2 Å². The molecule has 33 heavy (non-hydrogen) atoms. The van der Waals surface area contributed by atoms with Crippen molar-refractivity contribution in [3.05, 3.63) is 66.7 Å². The number of benzene rings is 1. The standard InChI is InChI=1S/C21H12F3N5O3S/c22-21(23,24)12-5-14(8-25-7-12)28-11-19(30)29(20(28)31)13-1-3-15(4-2-13)32-16-6-18-17(26-9-16)10-27-33-18/h1-10H,11H2. The lowest BCUT2D eigenvalue weighted by Gasteiger charge is -2.18. The molecule has 1 aliphatic heterocycles. The molecule has 1 aromatic carbocycles. The summed E-state index contributed by atoms with van der Waals surface area (Å²) in [5.41, 5.74) is -0.104. The zero-order valence-electron chi connectivity index (χ0n) is 16.5. The van der Waals surface area contributed by atoms with Crippen molar-refractivity contribution < 1.29 is 27.5 Å². The van der Waals surface area contributed by atoms with Crippen molar-refractivity contribution in [2.75, 3.05) is 16.3 Å². The number of hydrogen-bond donors (Lipinski definition) is 0. The van der Waals surface area contributed by atoms with Gasteiger partial charge in [-0.2, -0.15) is 17.5 Å². The fourth-order valence-corrected chi connectivity index (χ4v) is 3.92. The number of anilines is 2. The number of alkyl halides is 3. The summed E-state index contributed by atoms with van der Waals surface area (Å²) in [7, 11) is 0. The van der Waals surface area contributed by atoms with Crippen LogP contribution in [0.2, 0.25) is 0 Å². The van der Waals surface area contributed by atoms with Gasteiger partial charge in [0.15, 0.2) is 0 Å². The first-order chi connectivity index (χ1) is 15.8. The van der Waals surface area contributed by atoms with Crippen LogP contribution in [-0.2, 0) is 11.0 Å². The van der Waals surface area contributed by atoms with Crippen molar-refractivity contribution >= 4 is 45.1 Å². The summed E-state index contributed by atoms with van der Waals surface area (Å²) in [6.07, 6.45) is 0.352. The van der Waals surface area contributed by atoms with Crippen LogP contribution in [0.15, 0.2) is 61.2 Å². The normalized spacial score (nSPS) is 14.4. The van der Waals surface area contributed by atoms with Crippen molar-refractivity contribution in [1.82, 2.24) is 14.3 Å². The van der Waals surface area contributed by atoms with Crippen molar-refractivity contribution in [3.8, 4) is 11.5 Å². The van der Waals surface area contributed by atoms with Crippen LogP contribution in [0.5, 0.6) is 11.5 Å². The number of rotatable bonds is 4. The second-order valence-electron chi connectivity index (χ2n) is 7.00. The number of imide groups is 1. The van der Waals surface area contributed by atoms with Crippen LogP contribution in [0.1, 0.15) is 5.56 Å². The number of fused-ring (bicyclic) bond motifs is 1. The van der Waals surface area contributed by atoms with Gasteiger partial charge in [0, 0.05) is 12.3 Å².